The predicted octanol–water partition coefficient (Wildman–Crippen LogP) is 3.51. The Hall–Kier alpha value is -3.46. The maximum atomic E-state index is 13.3. The third-order valence-corrected chi connectivity index (χ3v) is 8.39. The van der Waals surface area contributed by atoms with Gasteiger partial charge in [0.05, 0.1) is 34.5 Å². The van der Waals surface area contributed by atoms with E-state index in [2.05, 4.69) is 0 Å². The second kappa shape index (κ2) is 9.30. The predicted molar refractivity (Wildman–Crippen MR) is 131 cm³/mol. The van der Waals surface area contributed by atoms with Crippen LogP contribution in [0.2, 0.25) is 0 Å². The number of likely N-dealkylation sites (N-methyl/N-ethyl adjacent to an activating group) is 1. The number of fused-ring (bicyclic) bond motifs is 2. The van der Waals surface area contributed by atoms with Gasteiger partial charge in [0.25, 0.3) is 5.91 Å². The summed E-state index contributed by atoms with van der Waals surface area (Å²) >= 11 is 0. The minimum Gasteiger partial charge on any atom is -0.465 e. The third kappa shape index (κ3) is 4.60. The fourth-order valence-corrected chi connectivity index (χ4v) is 6.73. The molecule has 2 aliphatic rings. The van der Waals surface area contributed by atoms with E-state index in [1.807, 2.05) is 42.5 Å². The molecule has 0 N–H and O–H groups in total. The van der Waals surface area contributed by atoms with Crippen molar-refractivity contribution < 1.29 is 27.2 Å². The van der Waals surface area contributed by atoms with Gasteiger partial charge in [0.2, 0.25) is 0 Å². The van der Waals surface area contributed by atoms with Crippen LogP contribution in [0.3, 0.4) is 0 Å². The van der Waals surface area contributed by atoms with Gasteiger partial charge in [-0.25, -0.2) is 18.2 Å². The van der Waals surface area contributed by atoms with Crippen LogP contribution in [-0.2, 0) is 25.8 Å². The third-order valence-electron chi connectivity index (χ3n) is 6.64. The average Bonchev–Trinajstić information content (AvgIpc) is 3.58. The standard InChI is InChI=1S/C26H26N2O6S/c1-2-28(18-11-13-35(31,32)16-18)23(29)15-34-26(30)24-20-7-3-4-8-22(20)27-25-17(9-10-21(24)25)14-19-6-5-12-33-19/h3-8,12,14,18H,2,9-11,13,15-16H2,1H3. The van der Waals surface area contributed by atoms with Gasteiger partial charge in [0.15, 0.2) is 16.4 Å². The number of furan rings is 1. The van der Waals surface area contributed by atoms with E-state index in [0.717, 1.165) is 16.8 Å². The molecular weight excluding hydrogens is 468 g/mol. The molecule has 0 bridgehead atoms. The molecule has 0 saturated carbocycles. The van der Waals surface area contributed by atoms with Crippen LogP contribution in [0, 0.1) is 0 Å². The summed E-state index contributed by atoms with van der Waals surface area (Å²) in [5.74, 6) is -0.233. The highest BCUT2D eigenvalue weighted by Gasteiger charge is 2.34. The highest BCUT2D eigenvalue weighted by molar-refractivity contribution is 7.91. The number of nitrogens with zero attached hydrogens (tertiary/aromatic N) is 2. The van der Waals surface area contributed by atoms with Crippen molar-refractivity contribution >= 4 is 44.3 Å². The summed E-state index contributed by atoms with van der Waals surface area (Å²) in [5.41, 5.74) is 3.61. The van der Waals surface area contributed by atoms with E-state index in [-0.39, 0.29) is 17.5 Å². The van der Waals surface area contributed by atoms with E-state index in [1.54, 1.807) is 13.2 Å². The van der Waals surface area contributed by atoms with E-state index in [1.165, 1.54) is 4.90 Å². The number of ether oxygens (including phenoxy) is 1. The number of aromatic nitrogens is 1. The highest BCUT2D eigenvalue weighted by Crippen LogP contribution is 2.37. The largest absolute Gasteiger partial charge is 0.465 e. The summed E-state index contributed by atoms with van der Waals surface area (Å²) in [6.45, 7) is 1.70. The molecule has 3 heterocycles. The summed E-state index contributed by atoms with van der Waals surface area (Å²) < 4.78 is 34.7. The molecule has 1 aliphatic heterocycles. The number of rotatable bonds is 6. The van der Waals surface area contributed by atoms with Crippen LogP contribution in [0.25, 0.3) is 22.6 Å². The summed E-state index contributed by atoms with van der Waals surface area (Å²) in [6, 6.07) is 10.7. The van der Waals surface area contributed by atoms with Crippen LogP contribution in [0.1, 0.15) is 47.1 Å². The van der Waals surface area contributed by atoms with Gasteiger partial charge in [-0.15, -0.1) is 0 Å². The Morgan fingerprint density at radius 2 is 2.03 bits per heavy atom. The zero-order valence-electron chi connectivity index (χ0n) is 19.4. The second-order valence-corrected chi connectivity index (χ2v) is 11.1. The molecule has 1 amide bonds. The molecule has 1 aromatic carbocycles. The maximum Gasteiger partial charge on any atom is 0.339 e. The number of sulfone groups is 1. The number of carbonyl (C=O) groups is 2. The fourth-order valence-electron chi connectivity index (χ4n) is 5.00. The number of benzene rings is 1. The zero-order chi connectivity index (χ0) is 24.6. The first-order chi connectivity index (χ1) is 16.9. The Morgan fingerprint density at radius 3 is 2.74 bits per heavy atom. The van der Waals surface area contributed by atoms with Crippen molar-refractivity contribution in [2.45, 2.75) is 32.2 Å². The molecule has 35 heavy (non-hydrogen) atoms. The van der Waals surface area contributed by atoms with Crippen molar-refractivity contribution in [1.29, 1.82) is 0 Å². The Kier molecular flexibility index (Phi) is 6.19. The molecule has 182 valence electrons. The Balaban J connectivity index is 1.42. The monoisotopic (exact) mass is 494 g/mol. The zero-order valence-corrected chi connectivity index (χ0v) is 20.2. The van der Waals surface area contributed by atoms with Crippen molar-refractivity contribution in [3.05, 3.63) is 65.2 Å². The number of hydrogen-bond donors (Lipinski definition) is 0. The van der Waals surface area contributed by atoms with Crippen LogP contribution < -0.4 is 0 Å². The number of allylic oxidation sites excluding steroid dienone is 1. The summed E-state index contributed by atoms with van der Waals surface area (Å²) in [6.07, 6.45) is 5.28. The van der Waals surface area contributed by atoms with Gasteiger partial charge in [-0.05, 0) is 61.6 Å². The van der Waals surface area contributed by atoms with Gasteiger partial charge >= 0.3 is 5.97 Å². The minimum atomic E-state index is -3.13. The topological polar surface area (TPSA) is 107 Å². The van der Waals surface area contributed by atoms with Crippen LogP contribution in [0.5, 0.6) is 0 Å². The van der Waals surface area contributed by atoms with Crippen LogP contribution in [-0.4, -0.2) is 60.9 Å². The highest BCUT2D eigenvalue weighted by atomic mass is 32.2. The number of hydrogen-bond acceptors (Lipinski definition) is 7. The lowest BCUT2D eigenvalue weighted by molar-refractivity contribution is -0.136. The van der Waals surface area contributed by atoms with Crippen LogP contribution >= 0.6 is 0 Å². The van der Waals surface area contributed by atoms with Gasteiger partial charge in [-0.1, -0.05) is 18.2 Å². The van der Waals surface area contributed by atoms with Gasteiger partial charge in [-0.3, -0.25) is 4.79 Å². The van der Waals surface area contributed by atoms with E-state index in [9.17, 15) is 18.0 Å². The Labute approximate surface area is 203 Å². The van der Waals surface area contributed by atoms with E-state index >= 15 is 0 Å². The van der Waals surface area contributed by atoms with Crippen LogP contribution in [0.15, 0.2) is 47.1 Å². The van der Waals surface area contributed by atoms with E-state index < -0.39 is 28.3 Å². The van der Waals surface area contributed by atoms with Crippen LogP contribution in [0.4, 0.5) is 0 Å². The number of esters is 1. The van der Waals surface area contributed by atoms with Gasteiger partial charge in [0.1, 0.15) is 5.76 Å². The molecule has 3 aromatic rings. The second-order valence-electron chi connectivity index (χ2n) is 8.83. The molecule has 1 aliphatic carbocycles. The average molecular weight is 495 g/mol. The number of para-hydroxylation sites is 1. The van der Waals surface area contributed by atoms with Gasteiger partial charge < -0.3 is 14.1 Å². The minimum absolute atomic E-state index is 0.0478. The molecule has 5 rings (SSSR count). The lowest BCUT2D eigenvalue weighted by Crippen LogP contribution is -2.43. The lowest BCUT2D eigenvalue weighted by atomic mass is 10.0. The van der Waals surface area contributed by atoms with Gasteiger partial charge in [0, 0.05) is 18.0 Å². The lowest BCUT2D eigenvalue weighted by Gasteiger charge is -2.26. The number of amides is 1. The van der Waals surface area contributed by atoms with E-state index in [0.29, 0.717) is 48.0 Å². The molecule has 1 atom stereocenters. The molecule has 2 aromatic heterocycles. The fraction of sp³-hybridized carbons (Fsp3) is 0.346. The van der Waals surface area contributed by atoms with Gasteiger partial charge in [-0.2, -0.15) is 0 Å². The Bertz CT molecular complexity index is 1430. The smallest absolute Gasteiger partial charge is 0.339 e. The first-order valence-corrected chi connectivity index (χ1v) is 13.5. The summed E-state index contributed by atoms with van der Waals surface area (Å²) in [5, 5.41) is 0.678. The number of pyridine rings is 1. The molecule has 9 heteroatoms. The molecule has 1 saturated heterocycles. The van der Waals surface area contributed by atoms with Crippen molar-refractivity contribution in [2.24, 2.45) is 0 Å². The molecule has 0 spiro atoms. The van der Waals surface area contributed by atoms with E-state index in [4.69, 9.17) is 14.1 Å². The SMILES string of the molecule is CCN(C(=O)COC(=O)c1c2c(nc3ccccc13)C(=Cc1ccco1)CC2)C1CCS(=O)(=O)C1. The summed E-state index contributed by atoms with van der Waals surface area (Å²) in [4.78, 5) is 32.5. The molecule has 8 nitrogen and oxygen atoms in total. The number of carbonyl (C=O) groups excluding carboxylic acids is 2. The molecular formula is C26H26N2O6S. The maximum absolute atomic E-state index is 13.3. The van der Waals surface area contributed by atoms with Crippen molar-refractivity contribution in [3.63, 3.8) is 0 Å². The molecule has 1 unspecified atom stereocenters. The first-order valence-electron chi connectivity index (χ1n) is 11.7. The van der Waals surface area contributed by atoms with Crippen molar-refractivity contribution in [1.82, 2.24) is 9.88 Å². The molecule has 1 fully saturated rings. The first kappa shape index (κ1) is 23.3. The summed E-state index contributed by atoms with van der Waals surface area (Å²) in [7, 11) is -3.13. The quantitative estimate of drug-likeness (QED) is 0.483. The molecule has 0 radical (unpaired) electrons. The Morgan fingerprint density at radius 1 is 1.20 bits per heavy atom. The van der Waals surface area contributed by atoms with Crippen molar-refractivity contribution in [2.75, 3.05) is 24.7 Å². The normalized spacial score (nSPS) is 19.7. The van der Waals surface area contributed by atoms with Crippen molar-refractivity contribution in [3.8, 4) is 0 Å².